The Labute approximate surface area is 296 Å². The van der Waals surface area contributed by atoms with Crippen LogP contribution in [0.1, 0.15) is 43.2 Å². The van der Waals surface area contributed by atoms with Crippen LogP contribution in [0.3, 0.4) is 0 Å². The largest absolute Gasteiger partial charge is 0.333 e. The molecule has 0 radical (unpaired) electrons. The molecular weight excluding hydrogens is 605 g/mol. The van der Waals surface area contributed by atoms with Gasteiger partial charge in [0.25, 0.3) is 0 Å². The molecule has 1 aliphatic heterocycles. The summed E-state index contributed by atoms with van der Waals surface area (Å²) in [6.07, 6.45) is 20.4. The number of para-hydroxylation sites is 3. The van der Waals surface area contributed by atoms with Gasteiger partial charge in [-0.15, -0.1) is 0 Å². The maximum Gasteiger partial charge on any atom is 0.0595 e. The Morgan fingerprint density at radius 1 is 0.580 bits per heavy atom. The molecule has 0 N–H and O–H groups in total. The Bertz CT molecular complexity index is 2100. The molecule has 244 valence electrons. The molecule has 3 atom stereocenters. The second kappa shape index (κ2) is 13.4. The lowest BCUT2D eigenvalue weighted by molar-refractivity contribution is 0.550. The summed E-state index contributed by atoms with van der Waals surface area (Å²) in [5, 5.41) is 0. The molecular formula is C48H42N2. The van der Waals surface area contributed by atoms with Crippen LogP contribution in [0, 0.1) is 11.8 Å². The normalized spacial score (nSPS) is 21.0. The van der Waals surface area contributed by atoms with Crippen molar-refractivity contribution < 1.29 is 0 Å². The molecule has 1 heterocycles. The van der Waals surface area contributed by atoms with E-state index >= 15 is 0 Å². The third kappa shape index (κ3) is 5.75. The van der Waals surface area contributed by atoms with E-state index in [2.05, 4.69) is 186 Å². The first kappa shape index (κ1) is 30.5. The first-order valence-corrected chi connectivity index (χ1v) is 18.2. The number of hydrogen-bond acceptors (Lipinski definition) is 2. The van der Waals surface area contributed by atoms with Gasteiger partial charge in [-0.3, -0.25) is 0 Å². The van der Waals surface area contributed by atoms with E-state index in [1.807, 2.05) is 0 Å². The van der Waals surface area contributed by atoms with E-state index in [1.165, 1.54) is 45.8 Å². The van der Waals surface area contributed by atoms with E-state index < -0.39 is 0 Å². The van der Waals surface area contributed by atoms with E-state index in [1.54, 1.807) is 11.1 Å². The van der Waals surface area contributed by atoms with Crippen molar-refractivity contribution >= 4 is 39.6 Å². The Morgan fingerprint density at radius 3 is 1.82 bits per heavy atom. The number of allylic oxidation sites excluding steroid dienone is 9. The van der Waals surface area contributed by atoms with Crippen LogP contribution in [0.25, 0.3) is 11.1 Å². The van der Waals surface area contributed by atoms with Crippen molar-refractivity contribution in [2.75, 3.05) is 9.80 Å². The maximum absolute atomic E-state index is 2.63. The van der Waals surface area contributed by atoms with Gasteiger partial charge in [-0.2, -0.15) is 0 Å². The summed E-state index contributed by atoms with van der Waals surface area (Å²) in [5.74, 6) is 0.995. The van der Waals surface area contributed by atoms with Crippen LogP contribution in [-0.4, -0.2) is 6.04 Å². The van der Waals surface area contributed by atoms with Crippen molar-refractivity contribution in [2.24, 2.45) is 11.8 Å². The van der Waals surface area contributed by atoms with Crippen LogP contribution in [0.2, 0.25) is 0 Å². The fourth-order valence-corrected chi connectivity index (χ4v) is 8.54. The molecule has 0 aromatic heterocycles. The summed E-state index contributed by atoms with van der Waals surface area (Å²) in [7, 11) is 0. The van der Waals surface area contributed by atoms with Gasteiger partial charge in [-0.25, -0.2) is 0 Å². The highest BCUT2D eigenvalue weighted by Gasteiger charge is 2.39. The average Bonchev–Trinajstić information content (AvgIpc) is 3.53. The van der Waals surface area contributed by atoms with Gasteiger partial charge in [-0.05, 0) is 103 Å². The molecule has 5 aromatic rings. The number of hydrogen-bond donors (Lipinski definition) is 0. The third-order valence-corrected chi connectivity index (χ3v) is 11.0. The number of benzene rings is 5. The molecule has 0 bridgehead atoms. The van der Waals surface area contributed by atoms with Gasteiger partial charge >= 0.3 is 0 Å². The van der Waals surface area contributed by atoms with Gasteiger partial charge in [0, 0.05) is 34.2 Å². The Kier molecular flexibility index (Phi) is 8.14. The second-order valence-electron chi connectivity index (χ2n) is 13.9. The van der Waals surface area contributed by atoms with Gasteiger partial charge in [0.1, 0.15) is 0 Å². The lowest BCUT2D eigenvalue weighted by atomic mass is 9.77. The topological polar surface area (TPSA) is 6.48 Å². The van der Waals surface area contributed by atoms with Crippen molar-refractivity contribution in [3.05, 3.63) is 198 Å². The first-order valence-electron chi connectivity index (χ1n) is 18.2. The van der Waals surface area contributed by atoms with E-state index in [4.69, 9.17) is 0 Å². The Balaban J connectivity index is 1.03. The van der Waals surface area contributed by atoms with E-state index in [9.17, 15) is 0 Å². The van der Waals surface area contributed by atoms with E-state index in [0.29, 0.717) is 17.9 Å². The Morgan fingerprint density at radius 2 is 1.20 bits per heavy atom. The summed E-state index contributed by atoms with van der Waals surface area (Å²) in [6, 6.07) is 50.7. The average molecular weight is 647 g/mol. The zero-order valence-corrected chi connectivity index (χ0v) is 28.4. The maximum atomic E-state index is 2.63. The molecule has 0 fully saturated rings. The van der Waals surface area contributed by atoms with Gasteiger partial charge in [-0.1, -0.05) is 139 Å². The van der Waals surface area contributed by atoms with Gasteiger partial charge in [0.05, 0.1) is 11.7 Å². The lowest BCUT2D eigenvalue weighted by Crippen LogP contribution is -2.30. The SMILES string of the molecule is C1=CC(C2=CC=C(C3C=C4c5ccc(N(c6ccccc6)c6ccccc6)cc5N(c5ccccc5)C4CC3)CC2)CC=C1c1ccccc1. The number of fused-ring (bicyclic) bond motifs is 3. The molecule has 9 rings (SSSR count). The van der Waals surface area contributed by atoms with Gasteiger partial charge < -0.3 is 9.80 Å². The van der Waals surface area contributed by atoms with Crippen LogP contribution < -0.4 is 9.80 Å². The van der Waals surface area contributed by atoms with Crippen molar-refractivity contribution in [3.8, 4) is 0 Å². The predicted octanol–water partition coefficient (Wildman–Crippen LogP) is 12.8. The third-order valence-electron chi connectivity index (χ3n) is 11.0. The fraction of sp³-hybridized carbons (Fsp3) is 0.167. The second-order valence-corrected chi connectivity index (χ2v) is 13.9. The lowest BCUT2D eigenvalue weighted by Gasteiger charge is -2.34. The van der Waals surface area contributed by atoms with Gasteiger partial charge in [0.15, 0.2) is 0 Å². The summed E-state index contributed by atoms with van der Waals surface area (Å²) < 4.78 is 0. The van der Waals surface area contributed by atoms with Crippen molar-refractivity contribution in [2.45, 2.75) is 38.1 Å². The number of nitrogens with zero attached hydrogens (tertiary/aromatic N) is 2. The van der Waals surface area contributed by atoms with Crippen LogP contribution in [0.5, 0.6) is 0 Å². The quantitative estimate of drug-likeness (QED) is 0.174. The molecule has 50 heavy (non-hydrogen) atoms. The summed E-state index contributed by atoms with van der Waals surface area (Å²) in [5.41, 5.74) is 14.7. The highest BCUT2D eigenvalue weighted by Crippen LogP contribution is 2.52. The minimum absolute atomic E-state index is 0.342. The molecule has 0 saturated heterocycles. The smallest absolute Gasteiger partial charge is 0.0595 e. The molecule has 3 aliphatic carbocycles. The Hall–Kier alpha value is -5.60. The minimum atomic E-state index is 0.342. The number of rotatable bonds is 7. The standard InChI is InChI=1S/C48H42N2/c1-5-13-35(14-6-1)36-21-23-37(24-22-36)38-25-27-39(28-26-38)40-29-32-47-46(33-40)45-31-30-44(34-48(45)50(47)43-19-11-4-12-20-43)49(41-15-7-2-8-16-41)42-17-9-3-10-18-42/h1-23,25,27,30-31,33-34,37,40,47H,24,26,28-29,32H2. The minimum Gasteiger partial charge on any atom is -0.333 e. The summed E-state index contributed by atoms with van der Waals surface area (Å²) >= 11 is 0. The highest BCUT2D eigenvalue weighted by atomic mass is 15.2. The molecule has 0 spiro atoms. The molecule has 0 amide bonds. The zero-order chi connectivity index (χ0) is 33.3. The molecule has 5 aromatic carbocycles. The molecule has 2 nitrogen and oxygen atoms in total. The molecule has 2 heteroatoms. The summed E-state index contributed by atoms with van der Waals surface area (Å²) in [6.45, 7) is 0. The van der Waals surface area contributed by atoms with Crippen molar-refractivity contribution in [1.82, 2.24) is 0 Å². The molecule has 3 unspecified atom stereocenters. The van der Waals surface area contributed by atoms with E-state index in [-0.39, 0.29) is 0 Å². The fourth-order valence-electron chi connectivity index (χ4n) is 8.54. The van der Waals surface area contributed by atoms with Crippen LogP contribution in [0.15, 0.2) is 187 Å². The molecule has 4 aliphatic rings. The van der Waals surface area contributed by atoms with Crippen molar-refractivity contribution in [1.29, 1.82) is 0 Å². The van der Waals surface area contributed by atoms with Crippen LogP contribution in [-0.2, 0) is 0 Å². The summed E-state index contributed by atoms with van der Waals surface area (Å²) in [4.78, 5) is 4.98. The zero-order valence-electron chi connectivity index (χ0n) is 28.4. The monoisotopic (exact) mass is 646 g/mol. The van der Waals surface area contributed by atoms with E-state index in [0.717, 1.165) is 37.1 Å². The van der Waals surface area contributed by atoms with Crippen LogP contribution >= 0.6 is 0 Å². The molecule has 0 saturated carbocycles. The van der Waals surface area contributed by atoms with Crippen molar-refractivity contribution in [3.63, 3.8) is 0 Å². The number of anilines is 5. The predicted molar refractivity (Wildman–Crippen MR) is 211 cm³/mol. The highest BCUT2D eigenvalue weighted by molar-refractivity contribution is 5.95. The van der Waals surface area contributed by atoms with Crippen LogP contribution in [0.4, 0.5) is 28.4 Å². The first-order chi connectivity index (χ1) is 24.8. The van der Waals surface area contributed by atoms with Gasteiger partial charge in [0.2, 0.25) is 0 Å².